The Morgan fingerprint density at radius 2 is 1.42 bits per heavy atom. The van der Waals surface area contributed by atoms with Gasteiger partial charge in [0, 0.05) is 70.0 Å². The number of para-hydroxylation sites is 1. The van der Waals surface area contributed by atoms with Gasteiger partial charge in [-0.3, -0.25) is 14.5 Å². The minimum Gasteiger partial charge on any atom is -0.398 e. The summed E-state index contributed by atoms with van der Waals surface area (Å²) >= 11 is 0. The number of hydrogen-bond donors (Lipinski definition) is 3. The molecule has 0 bridgehead atoms. The van der Waals surface area contributed by atoms with Crippen LogP contribution in [0.25, 0.3) is 0 Å². The molecule has 3 saturated heterocycles. The molecule has 52 heavy (non-hydrogen) atoms. The first kappa shape index (κ1) is 37.7. The first-order valence-electron chi connectivity index (χ1n) is 17.9. The van der Waals surface area contributed by atoms with Crippen LogP contribution in [0.2, 0.25) is 0 Å². The third-order valence-electron chi connectivity index (χ3n) is 11.0. The van der Waals surface area contributed by atoms with E-state index in [0.717, 1.165) is 37.2 Å². The van der Waals surface area contributed by atoms with Crippen LogP contribution in [0.1, 0.15) is 54.4 Å². The quantitative estimate of drug-likeness (QED) is 0.277. The van der Waals surface area contributed by atoms with E-state index < -0.39 is 53.3 Å². The van der Waals surface area contributed by atoms with Crippen LogP contribution in [-0.2, 0) is 34.8 Å². The molecule has 2 aromatic carbocycles. The van der Waals surface area contributed by atoms with Gasteiger partial charge in [0.1, 0.15) is 0 Å². The number of piperidine rings is 2. The van der Waals surface area contributed by atoms with Crippen molar-refractivity contribution >= 4 is 29.2 Å². The fraction of sp³-hybridized carbons (Fsp3) is 0.583. The summed E-state index contributed by atoms with van der Waals surface area (Å²) in [5.41, 5.74) is 2.10. The highest BCUT2D eigenvalue weighted by atomic mass is 19.4. The minimum absolute atomic E-state index is 0.136. The molecule has 284 valence electrons. The molecule has 0 aromatic heterocycles. The van der Waals surface area contributed by atoms with Gasteiger partial charge in [-0.25, -0.2) is 4.79 Å². The molecule has 2 aromatic rings. The van der Waals surface area contributed by atoms with Crippen molar-refractivity contribution in [3.63, 3.8) is 0 Å². The Morgan fingerprint density at radius 1 is 0.808 bits per heavy atom. The van der Waals surface area contributed by atoms with Crippen LogP contribution >= 0.6 is 0 Å². The molecule has 0 radical (unpaired) electrons. The maximum atomic E-state index is 14.1. The van der Waals surface area contributed by atoms with Crippen LogP contribution < -0.4 is 16.4 Å². The lowest BCUT2D eigenvalue weighted by atomic mass is 9.90. The van der Waals surface area contributed by atoms with Crippen LogP contribution in [0.5, 0.6) is 0 Å². The van der Waals surface area contributed by atoms with E-state index in [-0.39, 0.29) is 37.1 Å². The number of nitrogens with two attached hydrogens (primary N) is 1. The van der Waals surface area contributed by atoms with Crippen molar-refractivity contribution in [2.45, 2.75) is 69.4 Å². The van der Waals surface area contributed by atoms with Crippen LogP contribution in [-0.4, -0.2) is 108 Å². The number of nitrogens with zero attached hydrogens (tertiary/aromatic N) is 4. The van der Waals surface area contributed by atoms with Gasteiger partial charge in [-0.2, -0.15) is 26.3 Å². The summed E-state index contributed by atoms with van der Waals surface area (Å²) in [6.07, 6.45) is -7.66. The van der Waals surface area contributed by atoms with Crippen molar-refractivity contribution in [2.75, 3.05) is 70.0 Å². The molecule has 1 atom stereocenters. The highest BCUT2D eigenvalue weighted by Crippen LogP contribution is 2.42. The average Bonchev–Trinajstić information content (AvgIpc) is 3.29. The molecule has 0 spiro atoms. The summed E-state index contributed by atoms with van der Waals surface area (Å²) in [5.74, 6) is -2.09. The molecule has 4 aliphatic rings. The number of fused-ring (bicyclic) bond motifs is 1. The Morgan fingerprint density at radius 3 is 2.04 bits per heavy atom. The summed E-state index contributed by atoms with van der Waals surface area (Å²) in [7, 11) is 0. The number of likely N-dealkylation sites (tertiary alicyclic amines) is 1. The van der Waals surface area contributed by atoms with Crippen LogP contribution in [0.3, 0.4) is 0 Å². The molecule has 0 saturated carbocycles. The third-order valence-corrected chi connectivity index (χ3v) is 11.0. The Hall–Kier alpha value is -4.05. The number of nitrogen functional groups attached to an aromatic ring is 1. The zero-order valence-corrected chi connectivity index (χ0v) is 28.9. The first-order valence-corrected chi connectivity index (χ1v) is 17.9. The van der Waals surface area contributed by atoms with Crippen molar-refractivity contribution in [1.82, 2.24) is 24.9 Å². The summed E-state index contributed by atoms with van der Waals surface area (Å²) in [5, 5.41) is 6.28. The summed E-state index contributed by atoms with van der Waals surface area (Å²) in [6, 6.07) is 8.70. The van der Waals surface area contributed by atoms with Gasteiger partial charge in [-0.15, -0.1) is 0 Å². The summed E-state index contributed by atoms with van der Waals surface area (Å²) < 4.78 is 83.3. The van der Waals surface area contributed by atoms with Crippen molar-refractivity contribution in [3.05, 3.63) is 58.7 Å². The molecular formula is C36H45F6N7O3. The number of carbonyl (C=O) groups excluding carboxylic acids is 3. The maximum absolute atomic E-state index is 14.1. The topological polar surface area (TPSA) is 114 Å². The third kappa shape index (κ3) is 8.59. The van der Waals surface area contributed by atoms with Crippen LogP contribution in [0.15, 0.2) is 36.4 Å². The number of anilines is 2. The first-order chi connectivity index (χ1) is 24.7. The molecule has 4 aliphatic heterocycles. The molecule has 16 heteroatoms. The maximum Gasteiger partial charge on any atom is 0.418 e. The normalized spacial score (nSPS) is 20.7. The number of carbonyl (C=O) groups is 3. The van der Waals surface area contributed by atoms with E-state index in [0.29, 0.717) is 70.2 Å². The van der Waals surface area contributed by atoms with Gasteiger partial charge < -0.3 is 31.1 Å². The van der Waals surface area contributed by atoms with E-state index in [1.807, 2.05) is 24.3 Å². The fourth-order valence-electron chi connectivity index (χ4n) is 8.07. The monoisotopic (exact) mass is 737 g/mol. The highest BCUT2D eigenvalue weighted by Gasteiger charge is 2.42. The molecular weight excluding hydrogens is 692 g/mol. The minimum atomic E-state index is -5.17. The van der Waals surface area contributed by atoms with E-state index in [1.165, 1.54) is 0 Å². The van der Waals surface area contributed by atoms with Gasteiger partial charge in [0.15, 0.2) is 0 Å². The standard InChI is InChI=1S/C36H45F6N7O3/c37-35(38,39)28-20-23(21-29(32(28)43)36(40,41)42)19-25(33(51)48-17-15-46(16-18-48)26-5-10-44-11-6-26)22-31(50)47-12-8-27(9-13-47)49-14-7-24-3-1-2-4-30(24)45-34(49)52/h1-4,20-21,25-27,44H,5-19,22,43H2,(H,45,52)/t25-/m0/s1. The lowest BCUT2D eigenvalue weighted by Gasteiger charge is -2.42. The number of nitrogens with one attached hydrogen (secondary N) is 2. The van der Waals surface area contributed by atoms with Crippen molar-refractivity contribution in [3.8, 4) is 0 Å². The number of rotatable bonds is 7. The molecule has 4 heterocycles. The van der Waals surface area contributed by atoms with Crippen LogP contribution in [0.4, 0.5) is 42.5 Å². The van der Waals surface area contributed by atoms with Gasteiger partial charge in [0.05, 0.1) is 22.7 Å². The van der Waals surface area contributed by atoms with E-state index >= 15 is 0 Å². The molecule has 10 nitrogen and oxygen atoms in total. The molecule has 4 amide bonds. The molecule has 0 unspecified atom stereocenters. The SMILES string of the molecule is Nc1c(C(F)(F)F)cc(C[C@@H](CC(=O)N2CCC(N3CCc4ccccc4NC3=O)CC2)C(=O)N2CCN(C3CCNCC3)CC2)cc1C(F)(F)F. The largest absolute Gasteiger partial charge is 0.418 e. The lowest BCUT2D eigenvalue weighted by molar-refractivity contribution is -0.143. The molecule has 6 rings (SSSR count). The highest BCUT2D eigenvalue weighted by molar-refractivity contribution is 5.91. The second-order valence-corrected chi connectivity index (χ2v) is 14.2. The number of benzene rings is 2. The molecule has 4 N–H and O–H groups in total. The predicted octanol–water partition coefficient (Wildman–Crippen LogP) is 4.83. The van der Waals surface area contributed by atoms with E-state index in [9.17, 15) is 40.7 Å². The van der Waals surface area contributed by atoms with Gasteiger partial charge in [-0.05, 0) is 80.9 Å². The second-order valence-electron chi connectivity index (χ2n) is 14.2. The van der Waals surface area contributed by atoms with Crippen molar-refractivity contribution in [2.24, 2.45) is 5.92 Å². The van der Waals surface area contributed by atoms with Crippen molar-refractivity contribution in [1.29, 1.82) is 0 Å². The number of halogens is 6. The smallest absolute Gasteiger partial charge is 0.398 e. The number of piperazine rings is 1. The Bertz CT molecular complexity index is 1580. The predicted molar refractivity (Wildman–Crippen MR) is 182 cm³/mol. The zero-order chi connectivity index (χ0) is 37.2. The van der Waals surface area contributed by atoms with Gasteiger partial charge >= 0.3 is 18.4 Å². The number of urea groups is 1. The van der Waals surface area contributed by atoms with Gasteiger partial charge in [0.2, 0.25) is 11.8 Å². The Balaban J connectivity index is 1.17. The van der Waals surface area contributed by atoms with Gasteiger partial charge in [-0.1, -0.05) is 18.2 Å². The fourth-order valence-corrected chi connectivity index (χ4v) is 8.07. The van der Waals surface area contributed by atoms with E-state index in [1.54, 1.807) is 14.7 Å². The Kier molecular flexibility index (Phi) is 11.2. The zero-order valence-electron chi connectivity index (χ0n) is 28.9. The number of alkyl halides is 6. The summed E-state index contributed by atoms with van der Waals surface area (Å²) in [4.78, 5) is 48.1. The second kappa shape index (κ2) is 15.5. The lowest BCUT2D eigenvalue weighted by Crippen LogP contribution is -2.55. The summed E-state index contributed by atoms with van der Waals surface area (Å²) in [6.45, 7) is 4.70. The van der Waals surface area contributed by atoms with Gasteiger partial charge in [0.25, 0.3) is 0 Å². The van der Waals surface area contributed by atoms with Crippen molar-refractivity contribution < 1.29 is 40.7 Å². The van der Waals surface area contributed by atoms with E-state index in [4.69, 9.17) is 5.73 Å². The molecule has 0 aliphatic carbocycles. The van der Waals surface area contributed by atoms with E-state index in [2.05, 4.69) is 15.5 Å². The Labute approximate surface area is 298 Å². The number of hydrogen-bond acceptors (Lipinski definition) is 6. The number of amides is 4. The average molecular weight is 738 g/mol. The molecule has 3 fully saturated rings. The van der Waals surface area contributed by atoms with Crippen LogP contribution in [0, 0.1) is 5.92 Å².